The van der Waals surface area contributed by atoms with Crippen LogP contribution in [0, 0.1) is 0 Å². The van der Waals surface area contributed by atoms with Crippen LogP contribution in [0.4, 0.5) is 0 Å². The van der Waals surface area contributed by atoms with Crippen LogP contribution in [0.5, 0.6) is 0 Å². The largest absolute Gasteiger partial charge is 0.256 e. The first-order chi connectivity index (χ1) is 28.8. The van der Waals surface area contributed by atoms with Crippen LogP contribution in [-0.2, 0) is 0 Å². The molecule has 10 aromatic carbocycles. The quantitative estimate of drug-likeness (QED) is 0.168. The Kier molecular flexibility index (Phi) is 7.26. The van der Waals surface area contributed by atoms with Gasteiger partial charge in [-0.15, -0.1) is 0 Å². The van der Waals surface area contributed by atoms with E-state index in [1.807, 2.05) is 12.3 Å². The number of benzene rings is 10. The summed E-state index contributed by atoms with van der Waals surface area (Å²) in [4.78, 5) is 10.4. The summed E-state index contributed by atoms with van der Waals surface area (Å²) in [6.07, 6.45) is 1.88. The number of pyridine rings is 2. The van der Waals surface area contributed by atoms with E-state index in [1.54, 1.807) is 0 Å². The van der Waals surface area contributed by atoms with E-state index in [-0.39, 0.29) is 0 Å². The minimum atomic E-state index is 0.959. The number of para-hydroxylation sites is 1. The molecule has 0 saturated heterocycles. The number of hydrogen-bond donors (Lipinski definition) is 0. The molecule has 0 saturated carbocycles. The zero-order valence-electron chi connectivity index (χ0n) is 31.5. The predicted octanol–water partition coefficient (Wildman–Crippen LogP) is 15.2. The summed E-state index contributed by atoms with van der Waals surface area (Å²) in [6.45, 7) is 0. The van der Waals surface area contributed by atoms with Gasteiger partial charge in [0.25, 0.3) is 0 Å². The standard InChI is InChI=1S/C56H34N2/c1-3-17-40-38(13-1)31-50(45-21-7-5-19-43(40)45)51-33-53-49(36-28-26-35(27-29-36)42-25-11-15-37-16-12-30-57-55(37)42)34-54(58-56(53)48-24-10-9-23-47(48)51)52-32-39-14-2-4-18-41(39)44-20-6-8-22-46(44)52/h1-34H. The summed E-state index contributed by atoms with van der Waals surface area (Å²) < 4.78 is 0. The number of rotatable bonds is 4. The van der Waals surface area contributed by atoms with Gasteiger partial charge in [0.15, 0.2) is 0 Å². The average molecular weight is 735 g/mol. The molecule has 0 fully saturated rings. The van der Waals surface area contributed by atoms with Crippen molar-refractivity contribution in [2.75, 3.05) is 0 Å². The molecule has 0 N–H and O–H groups in total. The molecule has 2 nitrogen and oxygen atoms in total. The maximum Gasteiger partial charge on any atom is 0.0794 e. The molecule has 0 bridgehead atoms. The molecule has 0 aliphatic heterocycles. The Morgan fingerprint density at radius 1 is 0.259 bits per heavy atom. The Balaban J connectivity index is 1.17. The van der Waals surface area contributed by atoms with Crippen molar-refractivity contribution in [1.29, 1.82) is 0 Å². The molecule has 0 spiro atoms. The van der Waals surface area contributed by atoms with E-state index >= 15 is 0 Å². The molecule has 0 aliphatic carbocycles. The molecule has 2 heteroatoms. The molecule has 0 radical (unpaired) electrons. The van der Waals surface area contributed by atoms with Crippen molar-refractivity contribution in [1.82, 2.24) is 9.97 Å². The second-order valence-corrected chi connectivity index (χ2v) is 15.3. The summed E-state index contributed by atoms with van der Waals surface area (Å²) in [7, 11) is 0. The highest BCUT2D eigenvalue weighted by atomic mass is 14.7. The van der Waals surface area contributed by atoms with Gasteiger partial charge in [0.05, 0.1) is 16.7 Å². The highest BCUT2D eigenvalue weighted by Gasteiger charge is 2.19. The number of aromatic nitrogens is 2. The van der Waals surface area contributed by atoms with Gasteiger partial charge in [-0.05, 0) is 107 Å². The molecule has 12 aromatic rings. The topological polar surface area (TPSA) is 25.8 Å². The molecule has 2 aromatic heterocycles. The van der Waals surface area contributed by atoms with Gasteiger partial charge >= 0.3 is 0 Å². The van der Waals surface area contributed by atoms with Gasteiger partial charge in [-0.3, -0.25) is 4.98 Å². The fourth-order valence-electron chi connectivity index (χ4n) is 9.36. The maximum absolute atomic E-state index is 5.65. The van der Waals surface area contributed by atoms with Crippen molar-refractivity contribution in [2.24, 2.45) is 0 Å². The van der Waals surface area contributed by atoms with Crippen molar-refractivity contribution in [3.63, 3.8) is 0 Å². The fraction of sp³-hybridized carbons (Fsp3) is 0. The van der Waals surface area contributed by atoms with E-state index in [0.29, 0.717) is 0 Å². The van der Waals surface area contributed by atoms with E-state index in [0.717, 1.165) is 60.7 Å². The zero-order chi connectivity index (χ0) is 38.2. The minimum Gasteiger partial charge on any atom is -0.256 e. The van der Waals surface area contributed by atoms with Crippen LogP contribution in [0.15, 0.2) is 206 Å². The number of fused-ring (bicyclic) bond motifs is 10. The van der Waals surface area contributed by atoms with Crippen LogP contribution in [-0.4, -0.2) is 9.97 Å². The van der Waals surface area contributed by atoms with Crippen molar-refractivity contribution in [3.05, 3.63) is 206 Å². The van der Waals surface area contributed by atoms with Crippen LogP contribution in [0.1, 0.15) is 0 Å². The smallest absolute Gasteiger partial charge is 0.0794 e. The third-order valence-corrected chi connectivity index (χ3v) is 12.1. The van der Waals surface area contributed by atoms with Gasteiger partial charge in [0.2, 0.25) is 0 Å². The minimum absolute atomic E-state index is 0.959. The Morgan fingerprint density at radius 3 is 1.41 bits per heavy atom. The van der Waals surface area contributed by atoms with E-state index in [9.17, 15) is 0 Å². The summed E-state index contributed by atoms with van der Waals surface area (Å²) in [6, 6.07) is 72.8. The van der Waals surface area contributed by atoms with Crippen LogP contribution < -0.4 is 0 Å². The lowest BCUT2D eigenvalue weighted by atomic mass is 9.87. The molecule has 12 rings (SSSR count). The van der Waals surface area contributed by atoms with Crippen molar-refractivity contribution in [3.8, 4) is 44.6 Å². The average Bonchev–Trinajstić information content (AvgIpc) is 3.30. The Morgan fingerprint density at radius 2 is 0.741 bits per heavy atom. The lowest BCUT2D eigenvalue weighted by molar-refractivity contribution is 1.41. The second kappa shape index (κ2) is 12.9. The summed E-state index contributed by atoms with van der Waals surface area (Å²) in [5.74, 6) is 0. The van der Waals surface area contributed by atoms with Gasteiger partial charge in [-0.1, -0.05) is 170 Å². The Hall–Kier alpha value is -7.68. The lowest BCUT2D eigenvalue weighted by Gasteiger charge is -2.18. The first-order valence-corrected chi connectivity index (χ1v) is 19.9. The number of hydrogen-bond acceptors (Lipinski definition) is 2. The Labute approximate surface area is 335 Å². The van der Waals surface area contributed by atoms with E-state index < -0.39 is 0 Å². The van der Waals surface area contributed by atoms with Gasteiger partial charge in [-0.25, -0.2) is 4.98 Å². The highest BCUT2D eigenvalue weighted by molar-refractivity contribution is 6.22. The van der Waals surface area contributed by atoms with Gasteiger partial charge in [-0.2, -0.15) is 0 Å². The molecule has 0 unspecified atom stereocenters. The van der Waals surface area contributed by atoms with Crippen molar-refractivity contribution < 1.29 is 0 Å². The van der Waals surface area contributed by atoms with Gasteiger partial charge in [0, 0.05) is 33.5 Å². The molecule has 0 atom stereocenters. The summed E-state index contributed by atoms with van der Waals surface area (Å²) >= 11 is 0. The number of nitrogens with zero attached hydrogens (tertiary/aromatic N) is 2. The first-order valence-electron chi connectivity index (χ1n) is 19.9. The van der Waals surface area contributed by atoms with E-state index in [1.165, 1.54) is 59.6 Å². The molecule has 268 valence electrons. The van der Waals surface area contributed by atoms with Crippen molar-refractivity contribution in [2.45, 2.75) is 0 Å². The van der Waals surface area contributed by atoms with Crippen LogP contribution in [0.3, 0.4) is 0 Å². The summed E-state index contributed by atoms with van der Waals surface area (Å²) in [5.41, 5.74) is 11.1. The third-order valence-electron chi connectivity index (χ3n) is 12.1. The van der Waals surface area contributed by atoms with E-state index in [2.05, 4.69) is 194 Å². The molecule has 0 amide bonds. The molecule has 0 aliphatic rings. The molecule has 58 heavy (non-hydrogen) atoms. The highest BCUT2D eigenvalue weighted by Crippen LogP contribution is 2.45. The maximum atomic E-state index is 5.65. The van der Waals surface area contributed by atoms with Gasteiger partial charge in [0.1, 0.15) is 0 Å². The predicted molar refractivity (Wildman–Crippen MR) is 246 cm³/mol. The van der Waals surface area contributed by atoms with Crippen molar-refractivity contribution >= 4 is 75.7 Å². The Bertz CT molecular complexity index is 3610. The third kappa shape index (κ3) is 5.05. The normalized spacial score (nSPS) is 11.8. The second-order valence-electron chi connectivity index (χ2n) is 15.3. The lowest BCUT2D eigenvalue weighted by Crippen LogP contribution is -1.95. The molecule has 2 heterocycles. The SMILES string of the molecule is c1cnc2c(-c3ccc(-c4cc(-c5cc6ccccc6c6ccccc56)nc5c4cc(-c4cc6ccccc6c6ccccc46)c4ccccc45)cc3)cccc2c1. The van der Waals surface area contributed by atoms with Crippen LogP contribution in [0.2, 0.25) is 0 Å². The van der Waals surface area contributed by atoms with Crippen LogP contribution in [0.25, 0.3) is 120 Å². The fourth-order valence-corrected chi connectivity index (χ4v) is 9.36. The zero-order valence-corrected chi connectivity index (χ0v) is 31.5. The van der Waals surface area contributed by atoms with Crippen LogP contribution >= 0.6 is 0 Å². The van der Waals surface area contributed by atoms with E-state index in [4.69, 9.17) is 9.97 Å². The van der Waals surface area contributed by atoms with Gasteiger partial charge < -0.3 is 0 Å². The molecular weight excluding hydrogens is 701 g/mol. The summed E-state index contributed by atoms with van der Waals surface area (Å²) in [5, 5.41) is 14.5. The first kappa shape index (κ1) is 32.6. The monoisotopic (exact) mass is 734 g/mol. The molecular formula is C56H34N2.